The van der Waals surface area contributed by atoms with Crippen LogP contribution in [0.15, 0.2) is 12.7 Å². The molecule has 0 unspecified atom stereocenters. The molecule has 126 valence electrons. The molecular formula is C14H29NO5S. The van der Waals surface area contributed by atoms with Gasteiger partial charge in [-0.15, -0.1) is 0 Å². The second-order valence-corrected chi connectivity index (χ2v) is 7.22. The summed E-state index contributed by atoms with van der Waals surface area (Å²) in [7, 11) is -4.41. The van der Waals surface area contributed by atoms with E-state index in [1.165, 1.54) is 0 Å². The molecule has 0 aliphatic carbocycles. The molecule has 0 fully saturated rings. The molecule has 0 atom stereocenters. The van der Waals surface area contributed by atoms with E-state index in [1.807, 2.05) is 0 Å². The zero-order chi connectivity index (χ0) is 16.0. The quantitative estimate of drug-likeness (QED) is 0.303. The van der Waals surface area contributed by atoms with E-state index in [0.29, 0.717) is 12.8 Å². The molecule has 0 bridgehead atoms. The third-order valence-corrected chi connectivity index (χ3v) is 5.87. The molecule has 0 aliphatic rings. The fourth-order valence-electron chi connectivity index (χ4n) is 2.68. The van der Waals surface area contributed by atoms with Crippen molar-refractivity contribution < 1.29 is 22.5 Å². The zero-order valence-corrected chi connectivity index (χ0v) is 14.5. The maximum absolute atomic E-state index is 11.7. The lowest BCUT2D eigenvalue weighted by atomic mass is 9.80. The van der Waals surface area contributed by atoms with Crippen LogP contribution in [0.3, 0.4) is 0 Å². The lowest BCUT2D eigenvalue weighted by molar-refractivity contribution is -0.137. The largest absolute Gasteiger partial charge is 0.748 e. The molecule has 0 aromatic carbocycles. The number of hydrogen-bond donors (Lipinski definition) is 1. The Morgan fingerprint density at radius 2 is 1.71 bits per heavy atom. The van der Waals surface area contributed by atoms with Crippen molar-refractivity contribution in [2.24, 2.45) is 11.8 Å². The summed E-state index contributed by atoms with van der Waals surface area (Å²) < 4.78 is 38.7. The van der Waals surface area contributed by atoms with Crippen molar-refractivity contribution in [2.45, 2.75) is 51.7 Å². The molecule has 0 amide bonds. The van der Waals surface area contributed by atoms with Gasteiger partial charge in [-0.25, -0.2) is 13.2 Å². The molecule has 0 radical (unpaired) electrons. The van der Waals surface area contributed by atoms with Crippen LogP contribution in [-0.2, 0) is 19.6 Å². The van der Waals surface area contributed by atoms with Gasteiger partial charge in [0.25, 0.3) is 0 Å². The van der Waals surface area contributed by atoms with E-state index in [0.717, 1.165) is 6.08 Å². The summed E-state index contributed by atoms with van der Waals surface area (Å²) in [6.07, 6.45) is 2.40. The minimum absolute atomic E-state index is 0. The van der Waals surface area contributed by atoms with E-state index in [4.69, 9.17) is 4.74 Å². The van der Waals surface area contributed by atoms with Crippen LogP contribution in [0.4, 0.5) is 0 Å². The van der Waals surface area contributed by atoms with Crippen molar-refractivity contribution in [1.29, 1.82) is 0 Å². The highest BCUT2D eigenvalue weighted by Crippen LogP contribution is 2.38. The van der Waals surface area contributed by atoms with Crippen LogP contribution in [-0.4, -0.2) is 30.3 Å². The van der Waals surface area contributed by atoms with Crippen LogP contribution in [0.2, 0.25) is 0 Å². The third-order valence-electron chi connectivity index (χ3n) is 3.79. The Kier molecular flexibility index (Phi) is 9.76. The summed E-state index contributed by atoms with van der Waals surface area (Å²) in [6, 6.07) is 0. The van der Waals surface area contributed by atoms with Crippen LogP contribution >= 0.6 is 0 Å². The van der Waals surface area contributed by atoms with Gasteiger partial charge in [-0.3, -0.25) is 0 Å². The monoisotopic (exact) mass is 323 g/mol. The first-order valence-electron chi connectivity index (χ1n) is 6.84. The van der Waals surface area contributed by atoms with Crippen LogP contribution in [0.25, 0.3) is 0 Å². The molecular weight excluding hydrogens is 294 g/mol. The molecule has 0 aromatic heterocycles. The van der Waals surface area contributed by atoms with E-state index < -0.39 is 20.8 Å². The molecule has 0 saturated carbocycles. The Morgan fingerprint density at radius 1 is 1.24 bits per heavy atom. The predicted molar refractivity (Wildman–Crippen MR) is 83.1 cm³/mol. The molecule has 0 spiro atoms. The normalized spacial score (nSPS) is 12.1. The number of quaternary nitrogens is 1. The fourth-order valence-corrected chi connectivity index (χ4v) is 4.23. The number of hydrogen-bond acceptors (Lipinski definition) is 5. The van der Waals surface area contributed by atoms with Crippen molar-refractivity contribution in [3.63, 3.8) is 0 Å². The SMILES string of the molecule is C=CC(=O)OCCCCC(C(C)C)(C(C)C)S(=O)(=O)[O-].[NH4+]. The van der Waals surface area contributed by atoms with Gasteiger partial charge in [0.15, 0.2) is 0 Å². The summed E-state index contributed by atoms with van der Waals surface area (Å²) in [5.41, 5.74) is 0. The highest BCUT2D eigenvalue weighted by atomic mass is 32.2. The number of carbonyl (C=O) groups is 1. The van der Waals surface area contributed by atoms with Gasteiger partial charge in [0.1, 0.15) is 10.1 Å². The first kappa shape index (κ1) is 22.4. The maximum atomic E-state index is 11.7. The number of ether oxygens (including phenoxy) is 1. The van der Waals surface area contributed by atoms with E-state index in [1.54, 1.807) is 27.7 Å². The first-order chi connectivity index (χ1) is 9.09. The van der Waals surface area contributed by atoms with Crippen molar-refractivity contribution in [1.82, 2.24) is 6.15 Å². The highest BCUT2D eigenvalue weighted by Gasteiger charge is 2.42. The summed E-state index contributed by atoms with van der Waals surface area (Å²) in [4.78, 5) is 10.9. The molecule has 0 aliphatic heterocycles. The van der Waals surface area contributed by atoms with E-state index in [2.05, 4.69) is 6.58 Å². The Bertz CT molecular complexity index is 421. The summed E-state index contributed by atoms with van der Waals surface area (Å²) in [5, 5.41) is 0. The lowest BCUT2D eigenvalue weighted by Gasteiger charge is -2.43. The van der Waals surface area contributed by atoms with Gasteiger partial charge in [0.2, 0.25) is 0 Å². The molecule has 7 heteroatoms. The zero-order valence-electron chi connectivity index (χ0n) is 13.7. The number of esters is 1. The van der Waals surface area contributed by atoms with Crippen LogP contribution < -0.4 is 6.15 Å². The smallest absolute Gasteiger partial charge is 0.330 e. The Morgan fingerprint density at radius 3 is 2.05 bits per heavy atom. The van der Waals surface area contributed by atoms with Crippen LogP contribution in [0.1, 0.15) is 47.0 Å². The molecule has 0 saturated heterocycles. The average Bonchev–Trinajstić information content (AvgIpc) is 2.30. The summed E-state index contributed by atoms with van der Waals surface area (Å²) in [6.45, 7) is 10.5. The van der Waals surface area contributed by atoms with Gasteiger partial charge in [0, 0.05) is 6.08 Å². The number of rotatable bonds is 9. The van der Waals surface area contributed by atoms with Gasteiger partial charge >= 0.3 is 5.97 Å². The predicted octanol–water partition coefficient (Wildman–Crippen LogP) is 2.86. The Hall–Kier alpha value is -0.920. The van der Waals surface area contributed by atoms with Gasteiger partial charge in [-0.2, -0.15) is 0 Å². The molecule has 0 aromatic rings. The minimum Gasteiger partial charge on any atom is -0.748 e. The minimum atomic E-state index is -4.41. The van der Waals surface area contributed by atoms with Gasteiger partial charge in [-0.05, 0) is 31.1 Å². The molecule has 21 heavy (non-hydrogen) atoms. The highest BCUT2D eigenvalue weighted by molar-refractivity contribution is 7.87. The lowest BCUT2D eigenvalue weighted by Crippen LogP contribution is -2.48. The molecule has 0 rings (SSSR count). The number of unbranched alkanes of at least 4 members (excludes halogenated alkanes) is 1. The Balaban J connectivity index is 0. The van der Waals surface area contributed by atoms with E-state index in [-0.39, 0.29) is 31.0 Å². The standard InChI is InChI=1S/C14H26O5S.H3N/c1-6-13(15)19-10-8-7-9-14(11(2)3,12(4)5)20(16,17)18;/h6,11-12H,1,7-10H2,2-5H3,(H,16,17,18);1H3. The van der Waals surface area contributed by atoms with E-state index >= 15 is 0 Å². The molecule has 4 N–H and O–H groups in total. The van der Waals surface area contributed by atoms with Gasteiger partial charge in [-0.1, -0.05) is 34.3 Å². The third kappa shape index (κ3) is 5.76. The molecule has 6 nitrogen and oxygen atoms in total. The topological polar surface area (TPSA) is 120 Å². The maximum Gasteiger partial charge on any atom is 0.330 e. The molecule has 0 heterocycles. The second-order valence-electron chi connectivity index (χ2n) is 5.55. The van der Waals surface area contributed by atoms with Crippen molar-refractivity contribution in [2.75, 3.05) is 6.61 Å². The van der Waals surface area contributed by atoms with Gasteiger partial charge < -0.3 is 15.4 Å². The Labute approximate surface area is 128 Å². The number of carbonyl (C=O) groups excluding carboxylic acids is 1. The second kappa shape index (κ2) is 9.17. The summed E-state index contributed by atoms with van der Waals surface area (Å²) >= 11 is 0. The average molecular weight is 323 g/mol. The van der Waals surface area contributed by atoms with Gasteiger partial charge in [0.05, 0.1) is 11.4 Å². The summed E-state index contributed by atoms with van der Waals surface area (Å²) in [5.74, 6) is -1.03. The van der Waals surface area contributed by atoms with E-state index in [9.17, 15) is 17.8 Å². The van der Waals surface area contributed by atoms with Crippen molar-refractivity contribution in [3.8, 4) is 0 Å². The van der Waals surface area contributed by atoms with Crippen LogP contribution in [0.5, 0.6) is 0 Å². The van der Waals surface area contributed by atoms with Crippen molar-refractivity contribution >= 4 is 16.1 Å². The first-order valence-corrected chi connectivity index (χ1v) is 8.25. The fraction of sp³-hybridized carbons (Fsp3) is 0.786. The van der Waals surface area contributed by atoms with Crippen molar-refractivity contribution in [3.05, 3.63) is 12.7 Å². The van der Waals surface area contributed by atoms with Crippen LogP contribution in [0, 0.1) is 11.8 Å².